The molecule has 0 aromatic carbocycles. The van der Waals surface area contributed by atoms with Crippen LogP contribution in [0.2, 0.25) is 0 Å². The second kappa shape index (κ2) is 5.78. The molecule has 0 radical (unpaired) electrons. The van der Waals surface area contributed by atoms with Crippen molar-refractivity contribution in [2.24, 2.45) is 5.41 Å². The number of nitrogens with zero attached hydrogens (tertiary/aromatic N) is 1. The van der Waals surface area contributed by atoms with Crippen molar-refractivity contribution in [2.45, 2.75) is 34.1 Å². The Morgan fingerprint density at radius 1 is 1.35 bits per heavy atom. The lowest BCUT2D eigenvalue weighted by Crippen LogP contribution is -2.33. The third-order valence-corrected chi connectivity index (χ3v) is 3.71. The van der Waals surface area contributed by atoms with Gasteiger partial charge in [-0.05, 0) is 31.0 Å². The van der Waals surface area contributed by atoms with Crippen LogP contribution >= 0.6 is 11.3 Å². The third kappa shape index (κ3) is 5.00. The van der Waals surface area contributed by atoms with Crippen molar-refractivity contribution in [3.63, 3.8) is 0 Å². The van der Waals surface area contributed by atoms with E-state index in [4.69, 9.17) is 0 Å². The molecule has 0 saturated heterocycles. The lowest BCUT2D eigenvalue weighted by atomic mass is 9.96. The van der Waals surface area contributed by atoms with Gasteiger partial charge in [-0.3, -0.25) is 9.69 Å². The van der Waals surface area contributed by atoms with Gasteiger partial charge >= 0.3 is 0 Å². The van der Waals surface area contributed by atoms with Crippen molar-refractivity contribution < 1.29 is 4.79 Å². The van der Waals surface area contributed by atoms with Crippen LogP contribution in [0, 0.1) is 5.41 Å². The predicted molar refractivity (Wildman–Crippen MR) is 75.0 cm³/mol. The molecule has 96 valence electrons. The number of carbonyl (C=O) groups is 1. The standard InChI is InChI=1S/C14H23NOS/c1-6-11-7-8-13(17-11)12(16)9-15(5)10-14(2,3)4/h7-8H,6,9-10H2,1-5H3. The number of aryl methyl sites for hydroxylation is 1. The maximum absolute atomic E-state index is 12.0. The first-order valence-corrected chi connectivity index (χ1v) is 6.94. The molecule has 0 fully saturated rings. The highest BCUT2D eigenvalue weighted by atomic mass is 32.1. The molecule has 1 rings (SSSR count). The highest BCUT2D eigenvalue weighted by molar-refractivity contribution is 7.14. The van der Waals surface area contributed by atoms with Crippen LogP contribution in [0.1, 0.15) is 42.2 Å². The van der Waals surface area contributed by atoms with E-state index in [1.807, 2.05) is 13.1 Å². The first-order chi connectivity index (χ1) is 7.81. The van der Waals surface area contributed by atoms with Crippen LogP contribution < -0.4 is 0 Å². The molecular weight excluding hydrogens is 230 g/mol. The molecule has 0 aliphatic heterocycles. The summed E-state index contributed by atoms with van der Waals surface area (Å²) in [5, 5.41) is 0. The summed E-state index contributed by atoms with van der Waals surface area (Å²) < 4.78 is 0. The minimum absolute atomic E-state index is 0.235. The van der Waals surface area contributed by atoms with Crippen LogP contribution in [-0.2, 0) is 6.42 Å². The number of hydrogen-bond acceptors (Lipinski definition) is 3. The summed E-state index contributed by atoms with van der Waals surface area (Å²) in [6.45, 7) is 10.1. The average molecular weight is 253 g/mol. The number of thiophene rings is 1. The zero-order chi connectivity index (χ0) is 13.1. The van der Waals surface area contributed by atoms with Gasteiger partial charge < -0.3 is 0 Å². The molecule has 1 aromatic rings. The molecule has 1 aromatic heterocycles. The molecule has 1 heterocycles. The Labute approximate surface area is 109 Å². The van der Waals surface area contributed by atoms with E-state index in [1.165, 1.54) is 4.88 Å². The zero-order valence-corrected chi connectivity index (χ0v) is 12.4. The molecule has 0 amide bonds. The summed E-state index contributed by atoms with van der Waals surface area (Å²) in [6, 6.07) is 4.01. The van der Waals surface area contributed by atoms with Crippen LogP contribution in [0.15, 0.2) is 12.1 Å². The lowest BCUT2D eigenvalue weighted by Gasteiger charge is -2.25. The maximum atomic E-state index is 12.0. The lowest BCUT2D eigenvalue weighted by molar-refractivity contribution is 0.0931. The highest BCUT2D eigenvalue weighted by Crippen LogP contribution is 2.19. The smallest absolute Gasteiger partial charge is 0.186 e. The molecule has 0 atom stereocenters. The number of carbonyl (C=O) groups excluding carboxylic acids is 1. The van der Waals surface area contributed by atoms with Crippen LogP contribution in [0.25, 0.3) is 0 Å². The Morgan fingerprint density at radius 3 is 2.47 bits per heavy atom. The molecule has 0 unspecified atom stereocenters. The molecule has 0 N–H and O–H groups in total. The predicted octanol–water partition coefficient (Wildman–Crippen LogP) is 3.47. The molecule has 0 saturated carbocycles. The fourth-order valence-electron chi connectivity index (χ4n) is 1.91. The Kier molecular flexibility index (Phi) is 4.90. The second-order valence-electron chi connectivity index (χ2n) is 5.78. The van der Waals surface area contributed by atoms with Gasteiger partial charge in [-0.2, -0.15) is 0 Å². The van der Waals surface area contributed by atoms with E-state index in [2.05, 4.69) is 38.7 Å². The summed E-state index contributed by atoms with van der Waals surface area (Å²) in [6.07, 6.45) is 1.01. The SMILES string of the molecule is CCc1ccc(C(=O)CN(C)CC(C)(C)C)s1. The molecular formula is C14H23NOS. The summed E-state index contributed by atoms with van der Waals surface area (Å²) in [5.74, 6) is 0.237. The first-order valence-electron chi connectivity index (χ1n) is 6.12. The van der Waals surface area contributed by atoms with Gasteiger partial charge in [0.15, 0.2) is 5.78 Å². The molecule has 17 heavy (non-hydrogen) atoms. The van der Waals surface area contributed by atoms with Gasteiger partial charge in [0.25, 0.3) is 0 Å². The molecule has 0 bridgehead atoms. The normalized spacial score (nSPS) is 12.1. The van der Waals surface area contributed by atoms with Gasteiger partial charge in [0.1, 0.15) is 0 Å². The summed E-state index contributed by atoms with van der Waals surface area (Å²) in [7, 11) is 2.01. The van der Waals surface area contributed by atoms with Gasteiger partial charge in [0, 0.05) is 11.4 Å². The molecule has 0 aliphatic rings. The minimum Gasteiger partial charge on any atom is -0.298 e. The largest absolute Gasteiger partial charge is 0.298 e. The van der Waals surface area contributed by atoms with Crippen LogP contribution in [0.4, 0.5) is 0 Å². The Bertz CT molecular complexity index is 376. The molecule has 0 aliphatic carbocycles. The van der Waals surface area contributed by atoms with E-state index < -0.39 is 0 Å². The zero-order valence-electron chi connectivity index (χ0n) is 11.5. The number of hydrogen-bond donors (Lipinski definition) is 0. The van der Waals surface area contributed by atoms with E-state index in [0.29, 0.717) is 6.54 Å². The van der Waals surface area contributed by atoms with Crippen molar-refractivity contribution in [2.75, 3.05) is 20.1 Å². The van der Waals surface area contributed by atoms with Gasteiger partial charge in [-0.25, -0.2) is 0 Å². The van der Waals surface area contributed by atoms with E-state index >= 15 is 0 Å². The fourth-order valence-corrected chi connectivity index (χ4v) is 2.78. The molecule has 3 heteroatoms. The third-order valence-electron chi connectivity index (χ3n) is 2.44. The van der Waals surface area contributed by atoms with E-state index in [9.17, 15) is 4.79 Å². The molecule has 2 nitrogen and oxygen atoms in total. The summed E-state index contributed by atoms with van der Waals surface area (Å²) >= 11 is 1.62. The van der Waals surface area contributed by atoms with Crippen molar-refractivity contribution in [3.05, 3.63) is 21.9 Å². The van der Waals surface area contributed by atoms with E-state index in [-0.39, 0.29) is 11.2 Å². The quantitative estimate of drug-likeness (QED) is 0.749. The van der Waals surface area contributed by atoms with Gasteiger partial charge in [-0.15, -0.1) is 11.3 Å². The Morgan fingerprint density at radius 2 is 2.00 bits per heavy atom. The fraction of sp³-hybridized carbons (Fsp3) is 0.643. The van der Waals surface area contributed by atoms with Crippen LogP contribution in [0.5, 0.6) is 0 Å². The van der Waals surface area contributed by atoms with Gasteiger partial charge in [0.2, 0.25) is 0 Å². The Hall–Kier alpha value is -0.670. The monoisotopic (exact) mass is 253 g/mol. The van der Waals surface area contributed by atoms with E-state index in [0.717, 1.165) is 17.8 Å². The topological polar surface area (TPSA) is 20.3 Å². The number of Topliss-reactive ketones (excluding diaryl/α,β-unsaturated/α-hetero) is 1. The second-order valence-corrected chi connectivity index (χ2v) is 6.94. The number of rotatable bonds is 5. The molecule has 0 spiro atoms. The van der Waals surface area contributed by atoms with Crippen molar-refractivity contribution >= 4 is 17.1 Å². The number of likely N-dealkylation sites (N-methyl/N-ethyl adjacent to an activating group) is 1. The van der Waals surface area contributed by atoms with Crippen molar-refractivity contribution in [1.29, 1.82) is 0 Å². The average Bonchev–Trinajstić information content (AvgIpc) is 2.62. The summed E-state index contributed by atoms with van der Waals surface area (Å²) in [5.41, 5.74) is 0.235. The minimum atomic E-state index is 0.235. The Balaban J connectivity index is 2.54. The number of ketones is 1. The van der Waals surface area contributed by atoms with Gasteiger partial charge in [0.05, 0.1) is 11.4 Å². The summed E-state index contributed by atoms with van der Waals surface area (Å²) in [4.78, 5) is 16.3. The van der Waals surface area contributed by atoms with Gasteiger partial charge in [-0.1, -0.05) is 27.7 Å². The van der Waals surface area contributed by atoms with E-state index in [1.54, 1.807) is 11.3 Å². The van der Waals surface area contributed by atoms with Crippen molar-refractivity contribution in [1.82, 2.24) is 4.90 Å². The van der Waals surface area contributed by atoms with Crippen LogP contribution in [-0.4, -0.2) is 30.8 Å². The van der Waals surface area contributed by atoms with Crippen molar-refractivity contribution in [3.8, 4) is 0 Å². The van der Waals surface area contributed by atoms with Crippen LogP contribution in [0.3, 0.4) is 0 Å². The highest BCUT2D eigenvalue weighted by Gasteiger charge is 2.17. The first kappa shape index (κ1) is 14.4. The maximum Gasteiger partial charge on any atom is 0.186 e.